The lowest BCUT2D eigenvalue weighted by Crippen LogP contribution is -2.12. The molecule has 0 saturated heterocycles. The molecule has 2 N–H and O–H groups in total. The van der Waals surface area contributed by atoms with Gasteiger partial charge in [-0.3, -0.25) is 4.98 Å². The summed E-state index contributed by atoms with van der Waals surface area (Å²) >= 11 is 6.08. The molecule has 2 rings (SSSR count). The molecular formula is C14H15ClN2O. The third kappa shape index (κ3) is 2.81. The van der Waals surface area contributed by atoms with E-state index in [4.69, 9.17) is 22.1 Å². The fourth-order valence-corrected chi connectivity index (χ4v) is 1.99. The topological polar surface area (TPSA) is 48.1 Å². The Morgan fingerprint density at radius 1 is 1.28 bits per heavy atom. The standard InChI is InChI=1S/C14H15ClN2O/c1-2-18-11-5-3-10(4-6-11)14(16)12-7-8-17-9-13(12)15/h3-9,14H,2,16H2,1H3. The maximum Gasteiger partial charge on any atom is 0.119 e. The van der Waals surface area contributed by atoms with E-state index in [0.717, 1.165) is 16.9 Å². The van der Waals surface area contributed by atoms with Gasteiger partial charge in [0.2, 0.25) is 0 Å². The molecule has 0 saturated carbocycles. The fourth-order valence-electron chi connectivity index (χ4n) is 1.76. The number of aromatic nitrogens is 1. The minimum absolute atomic E-state index is 0.254. The number of benzene rings is 1. The van der Waals surface area contributed by atoms with E-state index in [1.165, 1.54) is 0 Å². The Labute approximate surface area is 112 Å². The first-order valence-electron chi connectivity index (χ1n) is 5.80. The molecular weight excluding hydrogens is 248 g/mol. The molecule has 1 heterocycles. The van der Waals surface area contributed by atoms with Crippen LogP contribution >= 0.6 is 11.6 Å². The summed E-state index contributed by atoms with van der Waals surface area (Å²) in [6.45, 7) is 2.61. The third-order valence-electron chi connectivity index (χ3n) is 2.69. The highest BCUT2D eigenvalue weighted by Gasteiger charge is 2.12. The number of nitrogens with zero attached hydrogens (tertiary/aromatic N) is 1. The Kier molecular flexibility index (Phi) is 4.18. The summed E-state index contributed by atoms with van der Waals surface area (Å²) in [5.41, 5.74) is 8.05. The van der Waals surface area contributed by atoms with Gasteiger partial charge in [0.15, 0.2) is 0 Å². The smallest absolute Gasteiger partial charge is 0.119 e. The largest absolute Gasteiger partial charge is 0.494 e. The van der Waals surface area contributed by atoms with Gasteiger partial charge in [-0.15, -0.1) is 0 Å². The SMILES string of the molecule is CCOc1ccc(C(N)c2ccncc2Cl)cc1. The molecule has 4 heteroatoms. The zero-order valence-electron chi connectivity index (χ0n) is 10.1. The first-order valence-corrected chi connectivity index (χ1v) is 6.18. The first kappa shape index (κ1) is 12.9. The van der Waals surface area contributed by atoms with E-state index >= 15 is 0 Å². The Morgan fingerprint density at radius 2 is 2.00 bits per heavy atom. The summed E-state index contributed by atoms with van der Waals surface area (Å²) in [6.07, 6.45) is 3.29. The normalized spacial score (nSPS) is 12.2. The summed E-state index contributed by atoms with van der Waals surface area (Å²) < 4.78 is 5.39. The Bertz CT molecular complexity index is 513. The number of hydrogen-bond acceptors (Lipinski definition) is 3. The van der Waals surface area contributed by atoms with Crippen molar-refractivity contribution in [2.24, 2.45) is 5.73 Å². The van der Waals surface area contributed by atoms with Crippen LogP contribution in [0.2, 0.25) is 5.02 Å². The molecule has 3 nitrogen and oxygen atoms in total. The molecule has 0 aliphatic rings. The van der Waals surface area contributed by atoms with Gasteiger partial charge in [0.05, 0.1) is 17.7 Å². The van der Waals surface area contributed by atoms with Crippen LogP contribution in [0.15, 0.2) is 42.7 Å². The van der Waals surface area contributed by atoms with Crippen molar-refractivity contribution in [2.75, 3.05) is 6.61 Å². The number of ether oxygens (including phenoxy) is 1. The van der Waals surface area contributed by atoms with Crippen molar-refractivity contribution in [3.63, 3.8) is 0 Å². The second-order valence-corrected chi connectivity index (χ2v) is 4.28. The lowest BCUT2D eigenvalue weighted by atomic mass is 10.0. The van der Waals surface area contributed by atoms with Gasteiger partial charge in [0.1, 0.15) is 5.75 Å². The van der Waals surface area contributed by atoms with E-state index in [1.807, 2.05) is 37.3 Å². The molecule has 0 aliphatic heterocycles. The zero-order valence-corrected chi connectivity index (χ0v) is 10.9. The summed E-state index contributed by atoms with van der Waals surface area (Å²) in [6, 6.07) is 9.31. The number of rotatable bonds is 4. The molecule has 0 fully saturated rings. The predicted octanol–water partition coefficient (Wildman–Crippen LogP) is 3.18. The van der Waals surface area contributed by atoms with Gasteiger partial charge in [0, 0.05) is 12.4 Å². The van der Waals surface area contributed by atoms with Crippen molar-refractivity contribution >= 4 is 11.6 Å². The van der Waals surface area contributed by atoms with Crippen molar-refractivity contribution in [1.82, 2.24) is 4.98 Å². The van der Waals surface area contributed by atoms with Crippen molar-refractivity contribution in [1.29, 1.82) is 0 Å². The highest BCUT2D eigenvalue weighted by Crippen LogP contribution is 2.26. The molecule has 0 spiro atoms. The second kappa shape index (κ2) is 5.85. The molecule has 0 radical (unpaired) electrons. The monoisotopic (exact) mass is 262 g/mol. The van der Waals surface area contributed by atoms with Gasteiger partial charge in [-0.1, -0.05) is 23.7 Å². The Hall–Kier alpha value is -1.58. The van der Waals surface area contributed by atoms with Crippen LogP contribution in [0.1, 0.15) is 24.1 Å². The summed E-state index contributed by atoms with van der Waals surface area (Å²) in [5.74, 6) is 0.842. The summed E-state index contributed by atoms with van der Waals surface area (Å²) in [7, 11) is 0. The van der Waals surface area contributed by atoms with Crippen LogP contribution in [-0.2, 0) is 0 Å². The predicted molar refractivity (Wildman–Crippen MR) is 72.9 cm³/mol. The Morgan fingerprint density at radius 3 is 2.61 bits per heavy atom. The van der Waals surface area contributed by atoms with Crippen LogP contribution in [0.3, 0.4) is 0 Å². The number of pyridine rings is 1. The average Bonchev–Trinajstić information content (AvgIpc) is 2.40. The third-order valence-corrected chi connectivity index (χ3v) is 3.00. The van der Waals surface area contributed by atoms with Crippen LogP contribution in [-0.4, -0.2) is 11.6 Å². The quantitative estimate of drug-likeness (QED) is 0.921. The lowest BCUT2D eigenvalue weighted by molar-refractivity contribution is 0.340. The lowest BCUT2D eigenvalue weighted by Gasteiger charge is -2.14. The molecule has 18 heavy (non-hydrogen) atoms. The van der Waals surface area contributed by atoms with E-state index in [-0.39, 0.29) is 6.04 Å². The van der Waals surface area contributed by atoms with Crippen LogP contribution in [0, 0.1) is 0 Å². The molecule has 94 valence electrons. The van der Waals surface area contributed by atoms with E-state index in [0.29, 0.717) is 11.6 Å². The number of halogens is 1. The fraction of sp³-hybridized carbons (Fsp3) is 0.214. The van der Waals surface area contributed by atoms with E-state index in [2.05, 4.69) is 4.98 Å². The van der Waals surface area contributed by atoms with Gasteiger partial charge in [-0.2, -0.15) is 0 Å². The van der Waals surface area contributed by atoms with E-state index in [1.54, 1.807) is 12.4 Å². The minimum Gasteiger partial charge on any atom is -0.494 e. The zero-order chi connectivity index (χ0) is 13.0. The van der Waals surface area contributed by atoms with Gasteiger partial charge in [-0.05, 0) is 36.2 Å². The maximum atomic E-state index is 6.19. The van der Waals surface area contributed by atoms with Gasteiger partial charge >= 0.3 is 0 Å². The van der Waals surface area contributed by atoms with Crippen molar-refractivity contribution < 1.29 is 4.74 Å². The number of nitrogens with two attached hydrogens (primary N) is 1. The van der Waals surface area contributed by atoms with E-state index < -0.39 is 0 Å². The first-order chi connectivity index (χ1) is 8.72. The number of hydrogen-bond donors (Lipinski definition) is 1. The highest BCUT2D eigenvalue weighted by atomic mass is 35.5. The molecule has 0 aliphatic carbocycles. The van der Waals surface area contributed by atoms with Crippen molar-refractivity contribution in [2.45, 2.75) is 13.0 Å². The molecule has 1 aromatic heterocycles. The highest BCUT2D eigenvalue weighted by molar-refractivity contribution is 6.31. The van der Waals surface area contributed by atoms with Crippen LogP contribution < -0.4 is 10.5 Å². The molecule has 1 aromatic carbocycles. The molecule has 2 aromatic rings. The average molecular weight is 263 g/mol. The summed E-state index contributed by atoms with van der Waals surface area (Å²) in [4.78, 5) is 3.95. The van der Waals surface area contributed by atoms with E-state index in [9.17, 15) is 0 Å². The Balaban J connectivity index is 2.23. The molecule has 0 amide bonds. The van der Waals surface area contributed by atoms with Gasteiger partial charge < -0.3 is 10.5 Å². The van der Waals surface area contributed by atoms with Crippen LogP contribution in [0.4, 0.5) is 0 Å². The van der Waals surface area contributed by atoms with Gasteiger partial charge in [0.25, 0.3) is 0 Å². The van der Waals surface area contributed by atoms with Crippen LogP contribution in [0.25, 0.3) is 0 Å². The van der Waals surface area contributed by atoms with Crippen molar-refractivity contribution in [3.05, 3.63) is 58.9 Å². The molecule has 0 bridgehead atoms. The van der Waals surface area contributed by atoms with Crippen molar-refractivity contribution in [3.8, 4) is 5.75 Å². The van der Waals surface area contributed by atoms with Crippen LogP contribution in [0.5, 0.6) is 5.75 Å². The minimum atomic E-state index is -0.254. The summed E-state index contributed by atoms with van der Waals surface area (Å²) in [5, 5.41) is 0.582. The maximum absolute atomic E-state index is 6.19. The van der Waals surface area contributed by atoms with Gasteiger partial charge in [-0.25, -0.2) is 0 Å². The molecule has 1 atom stereocenters. The second-order valence-electron chi connectivity index (χ2n) is 3.88. The molecule has 1 unspecified atom stereocenters.